The SMILES string of the molecule is Cc1ccc([C@@]2(C)NC(=O)N(CCn3c(=O)oc4ccccc43)C2=O)cc1. The van der Waals surface area contributed by atoms with E-state index >= 15 is 0 Å². The number of aryl methyl sites for hydroxylation is 1. The number of fused-ring (bicyclic) bond motifs is 1. The highest BCUT2D eigenvalue weighted by molar-refractivity contribution is 6.07. The molecule has 0 unspecified atom stereocenters. The predicted molar refractivity (Wildman–Crippen MR) is 99.2 cm³/mol. The molecule has 1 N–H and O–H groups in total. The number of nitrogens with zero attached hydrogens (tertiary/aromatic N) is 2. The van der Waals surface area contributed by atoms with E-state index in [4.69, 9.17) is 4.42 Å². The highest BCUT2D eigenvalue weighted by atomic mass is 16.4. The molecule has 2 aromatic carbocycles. The molecule has 0 aliphatic carbocycles. The molecule has 27 heavy (non-hydrogen) atoms. The van der Waals surface area contributed by atoms with Gasteiger partial charge in [-0.05, 0) is 31.5 Å². The minimum atomic E-state index is -1.12. The number of oxazole rings is 1. The number of urea groups is 1. The van der Waals surface area contributed by atoms with E-state index in [2.05, 4.69) is 5.32 Å². The number of nitrogens with one attached hydrogen (secondary N) is 1. The molecular formula is C20H19N3O4. The van der Waals surface area contributed by atoms with Crippen LogP contribution in [0.3, 0.4) is 0 Å². The number of para-hydroxylation sites is 2. The quantitative estimate of drug-likeness (QED) is 0.720. The first kappa shape index (κ1) is 17.1. The summed E-state index contributed by atoms with van der Waals surface area (Å²) in [4.78, 5) is 38.6. The Balaban J connectivity index is 1.58. The molecule has 138 valence electrons. The molecule has 3 amide bonds. The third-order valence-electron chi connectivity index (χ3n) is 5.02. The zero-order valence-corrected chi connectivity index (χ0v) is 15.1. The van der Waals surface area contributed by atoms with E-state index in [0.717, 1.165) is 16.0 Å². The number of imide groups is 1. The molecular weight excluding hydrogens is 346 g/mol. The molecule has 7 nitrogen and oxygen atoms in total. The number of amides is 3. The largest absolute Gasteiger partial charge is 0.420 e. The first-order chi connectivity index (χ1) is 12.9. The summed E-state index contributed by atoms with van der Waals surface area (Å²) in [5, 5.41) is 2.77. The Morgan fingerprint density at radius 3 is 2.44 bits per heavy atom. The summed E-state index contributed by atoms with van der Waals surface area (Å²) in [5.74, 6) is -0.846. The van der Waals surface area contributed by atoms with Crippen molar-refractivity contribution >= 4 is 23.0 Å². The van der Waals surface area contributed by atoms with Gasteiger partial charge in [-0.15, -0.1) is 0 Å². The van der Waals surface area contributed by atoms with E-state index in [1.165, 1.54) is 4.57 Å². The summed E-state index contributed by atoms with van der Waals surface area (Å²) < 4.78 is 6.62. The lowest BCUT2D eigenvalue weighted by atomic mass is 9.91. The molecule has 1 saturated heterocycles. The van der Waals surface area contributed by atoms with Gasteiger partial charge in [-0.25, -0.2) is 9.59 Å². The molecule has 1 aliphatic heterocycles. The highest BCUT2D eigenvalue weighted by Crippen LogP contribution is 2.29. The predicted octanol–water partition coefficient (Wildman–Crippen LogP) is 2.37. The van der Waals surface area contributed by atoms with Crippen LogP contribution in [-0.4, -0.2) is 28.0 Å². The van der Waals surface area contributed by atoms with Gasteiger partial charge in [-0.3, -0.25) is 14.3 Å². The number of carbonyl (C=O) groups is 2. The van der Waals surface area contributed by atoms with E-state index in [1.54, 1.807) is 31.2 Å². The van der Waals surface area contributed by atoms with Crippen molar-refractivity contribution < 1.29 is 14.0 Å². The molecule has 0 spiro atoms. The fourth-order valence-electron chi connectivity index (χ4n) is 3.41. The van der Waals surface area contributed by atoms with E-state index in [1.807, 2.05) is 31.2 Å². The van der Waals surface area contributed by atoms with Gasteiger partial charge in [-0.1, -0.05) is 42.0 Å². The van der Waals surface area contributed by atoms with Crippen LogP contribution in [-0.2, 0) is 16.9 Å². The zero-order valence-electron chi connectivity index (χ0n) is 15.1. The maximum absolute atomic E-state index is 13.0. The van der Waals surface area contributed by atoms with E-state index < -0.39 is 17.3 Å². The van der Waals surface area contributed by atoms with E-state index in [0.29, 0.717) is 11.1 Å². The van der Waals surface area contributed by atoms with Gasteiger partial charge in [0.1, 0.15) is 5.54 Å². The zero-order chi connectivity index (χ0) is 19.2. The Labute approximate surface area is 155 Å². The fourth-order valence-corrected chi connectivity index (χ4v) is 3.41. The van der Waals surface area contributed by atoms with Gasteiger partial charge in [0.2, 0.25) is 0 Å². The standard InChI is InChI=1S/C20H19N3O4/c1-13-7-9-14(10-8-13)20(2)17(24)23(18(25)21-20)12-11-22-15-5-3-4-6-16(15)27-19(22)26/h3-10H,11-12H2,1-2H3,(H,21,25)/t20-/m1/s1. The summed E-state index contributed by atoms with van der Waals surface area (Å²) >= 11 is 0. The highest BCUT2D eigenvalue weighted by Gasteiger charge is 2.48. The summed E-state index contributed by atoms with van der Waals surface area (Å²) in [6.45, 7) is 3.90. The minimum absolute atomic E-state index is 0.0789. The van der Waals surface area contributed by atoms with Crippen LogP contribution in [0.4, 0.5) is 4.79 Å². The van der Waals surface area contributed by atoms with Gasteiger partial charge >= 0.3 is 11.8 Å². The molecule has 1 aromatic heterocycles. The van der Waals surface area contributed by atoms with Gasteiger partial charge in [0.25, 0.3) is 5.91 Å². The molecule has 1 atom stereocenters. The summed E-state index contributed by atoms with van der Waals surface area (Å²) in [6, 6.07) is 14.1. The maximum Gasteiger partial charge on any atom is 0.420 e. The van der Waals surface area contributed by atoms with Crippen molar-refractivity contribution in [3.05, 3.63) is 70.2 Å². The average Bonchev–Trinajstić information content (AvgIpc) is 3.08. The second-order valence-electron chi connectivity index (χ2n) is 6.87. The van der Waals surface area contributed by atoms with E-state index in [9.17, 15) is 14.4 Å². The van der Waals surface area contributed by atoms with Crippen LogP contribution in [0.25, 0.3) is 11.1 Å². The number of hydrogen-bond acceptors (Lipinski definition) is 4. The Bertz CT molecular complexity index is 1100. The lowest BCUT2D eigenvalue weighted by Crippen LogP contribution is -2.41. The van der Waals surface area contributed by atoms with Crippen LogP contribution in [0, 0.1) is 6.92 Å². The van der Waals surface area contributed by atoms with Crippen molar-refractivity contribution in [2.75, 3.05) is 6.54 Å². The van der Waals surface area contributed by atoms with Crippen molar-refractivity contribution in [3.8, 4) is 0 Å². The number of carbonyl (C=O) groups excluding carboxylic acids is 2. The lowest BCUT2D eigenvalue weighted by Gasteiger charge is -2.22. The van der Waals surface area contributed by atoms with Crippen LogP contribution >= 0.6 is 0 Å². The Morgan fingerprint density at radius 2 is 1.70 bits per heavy atom. The summed E-state index contributed by atoms with van der Waals surface area (Å²) in [7, 11) is 0. The number of hydrogen-bond donors (Lipinski definition) is 1. The van der Waals surface area contributed by atoms with Gasteiger partial charge in [-0.2, -0.15) is 0 Å². The second-order valence-corrected chi connectivity index (χ2v) is 6.87. The Hall–Kier alpha value is -3.35. The maximum atomic E-state index is 13.0. The van der Waals surface area contributed by atoms with Crippen LogP contribution in [0.15, 0.2) is 57.7 Å². The molecule has 0 saturated carbocycles. The van der Waals surface area contributed by atoms with Crippen molar-refractivity contribution in [1.29, 1.82) is 0 Å². The lowest BCUT2D eigenvalue weighted by molar-refractivity contribution is -0.131. The van der Waals surface area contributed by atoms with Crippen molar-refractivity contribution in [1.82, 2.24) is 14.8 Å². The topological polar surface area (TPSA) is 84.6 Å². The fraction of sp³-hybridized carbons (Fsp3) is 0.250. The molecule has 7 heteroatoms. The molecule has 2 heterocycles. The third kappa shape index (κ3) is 2.71. The molecule has 1 aliphatic rings. The van der Waals surface area contributed by atoms with Crippen molar-refractivity contribution in [2.24, 2.45) is 0 Å². The Morgan fingerprint density at radius 1 is 1.00 bits per heavy atom. The first-order valence-corrected chi connectivity index (χ1v) is 8.70. The molecule has 1 fully saturated rings. The van der Waals surface area contributed by atoms with Gasteiger partial charge in [0, 0.05) is 13.1 Å². The second kappa shape index (κ2) is 6.12. The van der Waals surface area contributed by atoms with Crippen molar-refractivity contribution in [2.45, 2.75) is 25.9 Å². The average molecular weight is 365 g/mol. The number of benzene rings is 2. The van der Waals surface area contributed by atoms with Gasteiger partial charge in [0.05, 0.1) is 5.52 Å². The van der Waals surface area contributed by atoms with E-state index in [-0.39, 0.29) is 19.0 Å². The van der Waals surface area contributed by atoms with Gasteiger partial charge in [0.15, 0.2) is 5.58 Å². The number of rotatable bonds is 4. The normalized spacial score (nSPS) is 19.7. The molecule has 0 bridgehead atoms. The van der Waals surface area contributed by atoms with Crippen molar-refractivity contribution in [3.63, 3.8) is 0 Å². The number of aromatic nitrogens is 1. The molecule has 0 radical (unpaired) electrons. The molecule has 3 aromatic rings. The monoisotopic (exact) mass is 365 g/mol. The molecule has 4 rings (SSSR count). The van der Waals surface area contributed by atoms with Crippen LogP contribution in [0.1, 0.15) is 18.1 Å². The summed E-state index contributed by atoms with van der Waals surface area (Å²) in [5.41, 5.74) is 1.79. The first-order valence-electron chi connectivity index (χ1n) is 8.70. The minimum Gasteiger partial charge on any atom is -0.408 e. The van der Waals surface area contributed by atoms with Gasteiger partial charge < -0.3 is 9.73 Å². The smallest absolute Gasteiger partial charge is 0.408 e. The van der Waals surface area contributed by atoms with Crippen LogP contribution in [0.2, 0.25) is 0 Å². The Kier molecular flexibility index (Phi) is 3.87. The third-order valence-corrected chi connectivity index (χ3v) is 5.02. The van der Waals surface area contributed by atoms with Crippen LogP contribution in [0.5, 0.6) is 0 Å². The van der Waals surface area contributed by atoms with Crippen LogP contribution < -0.4 is 11.1 Å². The summed E-state index contributed by atoms with van der Waals surface area (Å²) in [6.07, 6.45) is 0.